The fourth-order valence-electron chi connectivity index (χ4n) is 5.62. The number of nitrogens with zero attached hydrogens (tertiary/aromatic N) is 4. The van der Waals surface area contributed by atoms with Crippen LogP contribution in [0.15, 0.2) is 109 Å². The zero-order chi connectivity index (χ0) is 31.9. The van der Waals surface area contributed by atoms with Crippen LogP contribution in [0.5, 0.6) is 0 Å². The Morgan fingerprint density at radius 1 is 0.957 bits per heavy atom. The van der Waals surface area contributed by atoms with Gasteiger partial charge < -0.3 is 19.5 Å². The van der Waals surface area contributed by atoms with E-state index < -0.39 is 5.79 Å². The third-order valence-electron chi connectivity index (χ3n) is 7.46. The number of carbonyl (C=O) groups is 1. The van der Waals surface area contributed by atoms with Crippen LogP contribution < -0.4 is 5.32 Å². The van der Waals surface area contributed by atoms with Crippen molar-refractivity contribution in [3.8, 4) is 28.3 Å². The SMILES string of the molecule is CCOC(=O)CC1CC(/C=C/c2c(-c3ccccc3)nn(-c3ccnc(Nc4ccccc4)n3)c2-c2ccccc2)OC(C)(C)O1. The van der Waals surface area contributed by atoms with Gasteiger partial charge in [0, 0.05) is 41.1 Å². The van der Waals surface area contributed by atoms with E-state index in [1.54, 1.807) is 13.1 Å². The molecule has 1 saturated heterocycles. The lowest BCUT2D eigenvalue weighted by Crippen LogP contribution is -2.44. The summed E-state index contributed by atoms with van der Waals surface area (Å²) in [5.74, 6) is -0.0793. The number of carbonyl (C=O) groups excluding carboxylic acids is 1. The maximum atomic E-state index is 12.3. The molecule has 6 rings (SSSR count). The van der Waals surface area contributed by atoms with E-state index in [-0.39, 0.29) is 24.6 Å². The molecule has 1 aliphatic rings. The molecule has 3 aromatic carbocycles. The van der Waals surface area contributed by atoms with Crippen molar-refractivity contribution in [2.45, 2.75) is 51.6 Å². The van der Waals surface area contributed by atoms with Crippen molar-refractivity contribution < 1.29 is 19.0 Å². The molecule has 46 heavy (non-hydrogen) atoms. The number of nitrogens with one attached hydrogen (secondary N) is 1. The lowest BCUT2D eigenvalue weighted by molar-refractivity contribution is -0.290. The van der Waals surface area contributed by atoms with Crippen molar-refractivity contribution in [2.24, 2.45) is 0 Å². The molecule has 234 valence electrons. The predicted octanol–water partition coefficient (Wildman–Crippen LogP) is 7.62. The van der Waals surface area contributed by atoms with E-state index in [1.807, 2.05) is 110 Å². The number of hydrogen-bond acceptors (Lipinski definition) is 8. The number of esters is 1. The lowest BCUT2D eigenvalue weighted by Gasteiger charge is -2.39. The summed E-state index contributed by atoms with van der Waals surface area (Å²) >= 11 is 0. The number of hydrogen-bond donors (Lipinski definition) is 1. The van der Waals surface area contributed by atoms with E-state index >= 15 is 0 Å². The van der Waals surface area contributed by atoms with Gasteiger partial charge in [-0.15, -0.1) is 0 Å². The summed E-state index contributed by atoms with van der Waals surface area (Å²) < 4.78 is 19.4. The molecule has 2 aromatic heterocycles. The molecule has 0 amide bonds. The molecule has 1 aliphatic heterocycles. The molecule has 2 atom stereocenters. The van der Waals surface area contributed by atoms with Gasteiger partial charge in [0.25, 0.3) is 0 Å². The zero-order valence-corrected chi connectivity index (χ0v) is 26.2. The number of aromatic nitrogens is 4. The molecule has 0 spiro atoms. The van der Waals surface area contributed by atoms with Gasteiger partial charge in [0.15, 0.2) is 11.6 Å². The summed E-state index contributed by atoms with van der Waals surface area (Å²) in [6.45, 7) is 5.86. The van der Waals surface area contributed by atoms with Crippen LogP contribution in [-0.4, -0.2) is 50.3 Å². The highest BCUT2D eigenvalue weighted by atomic mass is 16.7. The van der Waals surface area contributed by atoms with E-state index in [9.17, 15) is 4.79 Å². The van der Waals surface area contributed by atoms with E-state index in [4.69, 9.17) is 24.3 Å². The Bertz CT molecular complexity index is 1790. The Hall–Kier alpha value is -5.12. The van der Waals surface area contributed by atoms with Gasteiger partial charge in [-0.2, -0.15) is 10.1 Å². The van der Waals surface area contributed by atoms with Crippen molar-refractivity contribution in [3.63, 3.8) is 0 Å². The minimum atomic E-state index is -0.873. The molecule has 9 nitrogen and oxygen atoms in total. The summed E-state index contributed by atoms with van der Waals surface area (Å²) in [5, 5.41) is 8.45. The average Bonchev–Trinajstić information content (AvgIpc) is 3.44. The second-order valence-corrected chi connectivity index (χ2v) is 11.4. The maximum Gasteiger partial charge on any atom is 0.308 e. The van der Waals surface area contributed by atoms with E-state index in [2.05, 4.69) is 28.5 Å². The number of rotatable bonds is 10. The number of para-hydroxylation sites is 1. The first-order valence-electron chi connectivity index (χ1n) is 15.5. The quantitative estimate of drug-likeness (QED) is 0.160. The van der Waals surface area contributed by atoms with Crippen molar-refractivity contribution in [1.82, 2.24) is 19.7 Å². The van der Waals surface area contributed by atoms with Crippen LogP contribution in [0.1, 0.15) is 39.2 Å². The van der Waals surface area contributed by atoms with Crippen molar-refractivity contribution in [2.75, 3.05) is 11.9 Å². The summed E-state index contributed by atoms with van der Waals surface area (Å²) in [7, 11) is 0. The molecular formula is C37H37N5O4. The highest BCUT2D eigenvalue weighted by Gasteiger charge is 2.36. The van der Waals surface area contributed by atoms with Gasteiger partial charge in [-0.05, 0) is 32.9 Å². The van der Waals surface area contributed by atoms with Crippen LogP contribution in [0, 0.1) is 0 Å². The Labute approximate surface area is 268 Å². The molecule has 0 aliphatic carbocycles. The smallest absolute Gasteiger partial charge is 0.308 e. The number of benzene rings is 3. The Morgan fingerprint density at radius 3 is 2.33 bits per heavy atom. The Balaban J connectivity index is 1.44. The first-order valence-corrected chi connectivity index (χ1v) is 15.5. The van der Waals surface area contributed by atoms with Crippen molar-refractivity contribution in [1.29, 1.82) is 0 Å². The van der Waals surface area contributed by atoms with Crippen molar-refractivity contribution in [3.05, 3.63) is 115 Å². The molecule has 2 unspecified atom stereocenters. The van der Waals surface area contributed by atoms with Crippen LogP contribution in [0.4, 0.5) is 11.6 Å². The summed E-state index contributed by atoms with van der Waals surface area (Å²) in [4.78, 5) is 21.6. The number of anilines is 2. The molecule has 0 radical (unpaired) electrons. The third kappa shape index (κ3) is 7.39. The molecule has 0 saturated carbocycles. The van der Waals surface area contributed by atoms with Crippen LogP contribution in [-0.2, 0) is 19.0 Å². The van der Waals surface area contributed by atoms with E-state index in [1.165, 1.54) is 0 Å². The maximum absolute atomic E-state index is 12.3. The summed E-state index contributed by atoms with van der Waals surface area (Å²) in [6.07, 6.45) is 5.86. The van der Waals surface area contributed by atoms with Gasteiger partial charge >= 0.3 is 5.97 Å². The second-order valence-electron chi connectivity index (χ2n) is 11.4. The molecule has 9 heteroatoms. The van der Waals surface area contributed by atoms with Crippen LogP contribution in [0.3, 0.4) is 0 Å². The number of ether oxygens (including phenoxy) is 3. The summed E-state index contributed by atoms with van der Waals surface area (Å²) in [6, 6.07) is 31.9. The first-order chi connectivity index (χ1) is 22.4. The molecule has 1 N–H and O–H groups in total. The molecular weight excluding hydrogens is 578 g/mol. The summed E-state index contributed by atoms with van der Waals surface area (Å²) in [5.41, 5.74) is 5.39. The van der Waals surface area contributed by atoms with Crippen LogP contribution >= 0.6 is 0 Å². The topological polar surface area (TPSA) is 100 Å². The zero-order valence-electron chi connectivity index (χ0n) is 26.2. The molecule has 0 bridgehead atoms. The first kappa shape index (κ1) is 30.9. The standard InChI is InChI=1S/C37H37N5O4/c1-4-44-33(43)25-30-24-29(45-37(2,3)46-30)20-21-31-34(26-14-8-5-9-15-26)41-42(35(31)27-16-10-6-11-17-27)32-22-23-38-36(40-32)39-28-18-12-7-13-19-28/h5-23,29-30H,4,24-25H2,1-3H3,(H,38,39,40)/b21-20+. The normalized spacial score (nSPS) is 17.5. The van der Waals surface area contributed by atoms with Gasteiger partial charge in [-0.25, -0.2) is 9.67 Å². The fraction of sp³-hybridized carbons (Fsp3) is 0.243. The molecule has 5 aromatic rings. The Kier molecular flexibility index (Phi) is 9.33. The minimum absolute atomic E-state index is 0.167. The van der Waals surface area contributed by atoms with Gasteiger partial charge in [0.2, 0.25) is 5.95 Å². The monoisotopic (exact) mass is 615 g/mol. The minimum Gasteiger partial charge on any atom is -0.466 e. The van der Waals surface area contributed by atoms with Gasteiger partial charge in [0.1, 0.15) is 5.69 Å². The highest BCUT2D eigenvalue weighted by Crippen LogP contribution is 2.36. The van der Waals surface area contributed by atoms with Crippen LogP contribution in [0.2, 0.25) is 0 Å². The van der Waals surface area contributed by atoms with Crippen LogP contribution in [0.25, 0.3) is 34.4 Å². The van der Waals surface area contributed by atoms with Gasteiger partial charge in [-0.3, -0.25) is 4.79 Å². The second kappa shape index (κ2) is 13.9. The predicted molar refractivity (Wildman–Crippen MR) is 178 cm³/mol. The fourth-order valence-corrected chi connectivity index (χ4v) is 5.62. The average molecular weight is 616 g/mol. The van der Waals surface area contributed by atoms with E-state index in [0.29, 0.717) is 24.8 Å². The van der Waals surface area contributed by atoms with E-state index in [0.717, 1.165) is 33.8 Å². The van der Waals surface area contributed by atoms with Gasteiger partial charge in [-0.1, -0.05) is 91.0 Å². The molecule has 3 heterocycles. The largest absolute Gasteiger partial charge is 0.466 e. The van der Waals surface area contributed by atoms with Crippen molar-refractivity contribution >= 4 is 23.7 Å². The van der Waals surface area contributed by atoms with Gasteiger partial charge in [0.05, 0.1) is 30.9 Å². The lowest BCUT2D eigenvalue weighted by atomic mass is 9.99. The Morgan fingerprint density at radius 2 is 1.63 bits per heavy atom. The highest BCUT2D eigenvalue weighted by molar-refractivity contribution is 5.84. The third-order valence-corrected chi connectivity index (χ3v) is 7.46. The molecule has 1 fully saturated rings.